The van der Waals surface area contributed by atoms with Crippen LogP contribution in [0, 0.1) is 5.41 Å². The van der Waals surface area contributed by atoms with Crippen LogP contribution in [0.15, 0.2) is 36.7 Å². The first-order valence-corrected chi connectivity index (χ1v) is 6.27. The van der Waals surface area contributed by atoms with Crippen LogP contribution in [0.1, 0.15) is 19.0 Å². The summed E-state index contributed by atoms with van der Waals surface area (Å²) in [6, 6.07) is 7.36. The van der Waals surface area contributed by atoms with Gasteiger partial charge in [-0.25, -0.2) is 9.97 Å². The molecule has 0 spiro atoms. The Morgan fingerprint density at radius 3 is 2.55 bits per heavy atom. The van der Waals surface area contributed by atoms with Crippen LogP contribution in [0.5, 0.6) is 17.4 Å². The average Bonchev–Trinajstić information content (AvgIpc) is 2.47. The van der Waals surface area contributed by atoms with Gasteiger partial charge in [0.15, 0.2) is 11.5 Å². The van der Waals surface area contributed by atoms with Crippen molar-refractivity contribution < 1.29 is 9.47 Å². The van der Waals surface area contributed by atoms with Gasteiger partial charge in [0.2, 0.25) is 5.88 Å². The number of benzene rings is 1. The average molecular weight is 272 g/mol. The second kappa shape index (κ2) is 6.51. The Hall–Kier alpha value is -2.63. The molecule has 0 unspecified atom stereocenters. The van der Waals surface area contributed by atoms with Gasteiger partial charge in [-0.1, -0.05) is 19.1 Å². The van der Waals surface area contributed by atoms with Crippen molar-refractivity contribution in [2.24, 2.45) is 5.73 Å². The third kappa shape index (κ3) is 3.44. The highest BCUT2D eigenvalue weighted by Crippen LogP contribution is 2.30. The first-order chi connectivity index (χ1) is 9.70. The van der Waals surface area contributed by atoms with Crippen LogP contribution in [0.3, 0.4) is 0 Å². The maximum atomic E-state index is 7.25. The summed E-state index contributed by atoms with van der Waals surface area (Å²) in [6.45, 7) is 2.66. The molecule has 1 aromatic heterocycles. The van der Waals surface area contributed by atoms with Gasteiger partial charge in [0, 0.05) is 0 Å². The van der Waals surface area contributed by atoms with Gasteiger partial charge in [-0.15, -0.1) is 0 Å². The van der Waals surface area contributed by atoms with Crippen molar-refractivity contribution in [2.75, 3.05) is 6.61 Å². The molecule has 0 fully saturated rings. The number of nitrogens with zero attached hydrogens (tertiary/aromatic N) is 2. The minimum atomic E-state index is -0.129. The second-order valence-electron chi connectivity index (χ2n) is 4.05. The highest BCUT2D eigenvalue weighted by atomic mass is 16.5. The summed E-state index contributed by atoms with van der Waals surface area (Å²) in [7, 11) is 0. The molecule has 20 heavy (non-hydrogen) atoms. The maximum absolute atomic E-state index is 7.25. The smallest absolute Gasteiger partial charge is 0.238 e. The van der Waals surface area contributed by atoms with Gasteiger partial charge in [0.05, 0.1) is 19.0 Å². The van der Waals surface area contributed by atoms with Crippen molar-refractivity contribution in [1.82, 2.24) is 9.97 Å². The van der Waals surface area contributed by atoms with Crippen molar-refractivity contribution in [3.8, 4) is 17.4 Å². The second-order valence-corrected chi connectivity index (χ2v) is 4.05. The van der Waals surface area contributed by atoms with Crippen molar-refractivity contribution in [3.63, 3.8) is 0 Å². The molecule has 1 aromatic carbocycles. The van der Waals surface area contributed by atoms with Gasteiger partial charge in [0.25, 0.3) is 0 Å². The predicted octanol–water partition coefficient (Wildman–Crippen LogP) is 2.34. The zero-order valence-electron chi connectivity index (χ0n) is 11.2. The first-order valence-electron chi connectivity index (χ1n) is 6.27. The first kappa shape index (κ1) is 13.8. The molecule has 0 saturated carbocycles. The number of amidine groups is 1. The zero-order valence-corrected chi connectivity index (χ0v) is 11.2. The van der Waals surface area contributed by atoms with Crippen LogP contribution >= 0.6 is 0 Å². The van der Waals surface area contributed by atoms with Gasteiger partial charge in [-0.2, -0.15) is 0 Å². The number of nitrogens with one attached hydrogen (secondary N) is 1. The molecule has 0 saturated heterocycles. The van der Waals surface area contributed by atoms with E-state index in [1.165, 1.54) is 12.4 Å². The van der Waals surface area contributed by atoms with Crippen LogP contribution in [-0.2, 0) is 0 Å². The number of para-hydroxylation sites is 2. The number of aromatic nitrogens is 2. The monoisotopic (exact) mass is 272 g/mol. The summed E-state index contributed by atoms with van der Waals surface area (Å²) < 4.78 is 11.2. The van der Waals surface area contributed by atoms with E-state index in [9.17, 15) is 0 Å². The maximum Gasteiger partial charge on any atom is 0.238 e. The van der Waals surface area contributed by atoms with E-state index in [-0.39, 0.29) is 5.84 Å². The lowest BCUT2D eigenvalue weighted by atomic mass is 10.3. The molecule has 104 valence electrons. The molecular formula is C14H16N4O2. The largest absolute Gasteiger partial charge is 0.490 e. The molecule has 3 N–H and O–H groups in total. The predicted molar refractivity (Wildman–Crippen MR) is 75.4 cm³/mol. The Labute approximate surface area is 117 Å². The normalized spacial score (nSPS) is 10.1. The van der Waals surface area contributed by atoms with Gasteiger partial charge < -0.3 is 15.2 Å². The van der Waals surface area contributed by atoms with E-state index in [4.69, 9.17) is 20.6 Å². The fraction of sp³-hybridized carbons (Fsp3) is 0.214. The minimum absolute atomic E-state index is 0.129. The molecule has 0 aliphatic heterocycles. The summed E-state index contributed by atoms with van der Waals surface area (Å²) in [5.74, 6) is 1.43. The van der Waals surface area contributed by atoms with Crippen LogP contribution in [0.2, 0.25) is 0 Å². The van der Waals surface area contributed by atoms with E-state index >= 15 is 0 Å². The lowest BCUT2D eigenvalue weighted by molar-refractivity contribution is 0.300. The van der Waals surface area contributed by atoms with Crippen LogP contribution < -0.4 is 15.2 Å². The quantitative estimate of drug-likeness (QED) is 0.621. The van der Waals surface area contributed by atoms with Crippen molar-refractivity contribution >= 4 is 5.84 Å². The number of hydrogen-bond donors (Lipinski definition) is 2. The molecule has 2 rings (SSSR count). The number of nitrogens with two attached hydrogens (primary N) is 1. The highest BCUT2D eigenvalue weighted by Gasteiger charge is 2.07. The molecule has 6 nitrogen and oxygen atoms in total. The Bertz CT molecular complexity index is 584. The number of hydrogen-bond acceptors (Lipinski definition) is 5. The third-order valence-corrected chi connectivity index (χ3v) is 2.43. The summed E-state index contributed by atoms with van der Waals surface area (Å²) in [5.41, 5.74) is 5.63. The van der Waals surface area contributed by atoms with Crippen molar-refractivity contribution in [2.45, 2.75) is 13.3 Å². The molecule has 0 amide bonds. The highest BCUT2D eigenvalue weighted by molar-refractivity contribution is 5.92. The van der Waals surface area contributed by atoms with Gasteiger partial charge in [-0.05, 0) is 18.6 Å². The van der Waals surface area contributed by atoms with Crippen LogP contribution in [0.25, 0.3) is 0 Å². The molecule has 2 aromatic rings. The molecule has 0 bridgehead atoms. The van der Waals surface area contributed by atoms with E-state index < -0.39 is 0 Å². The number of nitrogen functional groups attached to an aromatic ring is 1. The molecule has 0 aliphatic rings. The summed E-state index contributed by atoms with van der Waals surface area (Å²) >= 11 is 0. The summed E-state index contributed by atoms with van der Waals surface area (Å²) in [6.07, 6.45) is 3.74. The van der Waals surface area contributed by atoms with Gasteiger partial charge in [0.1, 0.15) is 11.5 Å². The molecule has 0 radical (unpaired) electrons. The third-order valence-electron chi connectivity index (χ3n) is 2.43. The molecule has 0 atom stereocenters. The van der Waals surface area contributed by atoms with Gasteiger partial charge >= 0.3 is 0 Å². The summed E-state index contributed by atoms with van der Waals surface area (Å²) in [5, 5.41) is 7.25. The van der Waals surface area contributed by atoms with E-state index in [0.717, 1.165) is 6.42 Å². The summed E-state index contributed by atoms with van der Waals surface area (Å²) in [4.78, 5) is 8.04. The minimum Gasteiger partial charge on any atom is -0.490 e. The molecule has 0 aliphatic carbocycles. The Kier molecular flexibility index (Phi) is 4.49. The Morgan fingerprint density at radius 2 is 1.95 bits per heavy atom. The number of rotatable bonds is 6. The number of ether oxygens (including phenoxy) is 2. The van der Waals surface area contributed by atoms with Crippen molar-refractivity contribution in [1.29, 1.82) is 5.41 Å². The lowest BCUT2D eigenvalue weighted by Crippen LogP contribution is -2.13. The molecular weight excluding hydrogens is 256 g/mol. The Morgan fingerprint density at radius 1 is 1.20 bits per heavy atom. The fourth-order valence-electron chi connectivity index (χ4n) is 1.49. The topological polar surface area (TPSA) is 94.1 Å². The van der Waals surface area contributed by atoms with E-state index in [1.54, 1.807) is 6.07 Å². The van der Waals surface area contributed by atoms with Crippen molar-refractivity contribution in [3.05, 3.63) is 42.4 Å². The fourth-order valence-corrected chi connectivity index (χ4v) is 1.49. The lowest BCUT2D eigenvalue weighted by Gasteiger charge is -2.11. The van der Waals surface area contributed by atoms with Crippen LogP contribution in [0.4, 0.5) is 0 Å². The van der Waals surface area contributed by atoms with Crippen LogP contribution in [-0.4, -0.2) is 22.4 Å². The van der Waals surface area contributed by atoms with E-state index in [1.807, 2.05) is 25.1 Å². The van der Waals surface area contributed by atoms with Gasteiger partial charge in [-0.3, -0.25) is 5.41 Å². The zero-order chi connectivity index (χ0) is 14.4. The Balaban J connectivity index is 2.14. The van der Waals surface area contributed by atoms with E-state index in [0.29, 0.717) is 29.7 Å². The molecule has 1 heterocycles. The standard InChI is InChI=1S/C14H16N4O2/c1-2-7-19-11-5-3-4-6-12(11)20-13-9-17-10(8-18-13)14(15)16/h3-6,8-9H,2,7H2,1H3,(H3,15,16). The molecule has 6 heteroatoms. The SMILES string of the molecule is CCCOc1ccccc1Oc1cnc(C(=N)N)cn1. The van der Waals surface area contributed by atoms with E-state index in [2.05, 4.69) is 9.97 Å².